The van der Waals surface area contributed by atoms with Gasteiger partial charge in [0.05, 0.1) is 16.1 Å². The van der Waals surface area contributed by atoms with Crippen LogP contribution in [-0.2, 0) is 4.79 Å². The molecule has 2 aromatic heterocycles. The molecular weight excluding hydrogens is 480 g/mol. The summed E-state index contributed by atoms with van der Waals surface area (Å²) in [4.78, 5) is 52.3. The Morgan fingerprint density at radius 2 is 1.91 bits per heavy atom. The highest BCUT2D eigenvalue weighted by Gasteiger charge is 2.17. The quantitative estimate of drug-likeness (QED) is 0.120. The van der Waals surface area contributed by atoms with Gasteiger partial charge in [-0.1, -0.05) is 48.2 Å². The fourth-order valence-corrected chi connectivity index (χ4v) is 4.75. The van der Waals surface area contributed by atoms with Crippen molar-refractivity contribution < 1.29 is 14.5 Å². The highest BCUT2D eigenvalue weighted by molar-refractivity contribution is 7.99. The summed E-state index contributed by atoms with van der Waals surface area (Å²) in [6.07, 6.45) is 0. The van der Waals surface area contributed by atoms with Crippen molar-refractivity contribution in [3.05, 3.63) is 86.0 Å². The summed E-state index contributed by atoms with van der Waals surface area (Å²) in [5.74, 6) is 4.45. The first-order chi connectivity index (χ1) is 16.3. The third-order valence-corrected chi connectivity index (χ3v) is 6.48. The Balaban J connectivity index is 1.42. The Labute approximate surface area is 199 Å². The van der Waals surface area contributed by atoms with Crippen LogP contribution in [0.15, 0.2) is 69.9 Å². The maximum Gasteiger partial charge on any atom is 0.282 e. The minimum atomic E-state index is -0.718. The molecule has 0 fully saturated rings. The molecule has 0 saturated heterocycles. The van der Waals surface area contributed by atoms with E-state index in [9.17, 15) is 24.5 Å². The molecule has 0 radical (unpaired) electrons. The molecule has 0 unspecified atom stereocenters. The number of nitrogens with zero attached hydrogens (tertiary/aromatic N) is 3. The number of benzene rings is 2. The van der Waals surface area contributed by atoms with Gasteiger partial charge < -0.3 is 5.84 Å². The molecule has 0 aliphatic rings. The Kier molecular flexibility index (Phi) is 6.56. The SMILES string of the molecule is Nn1c(SCC(=O)NNC(=O)c2cccc([N+](=O)[O-])c2)nc2scc(-c3ccccc3)c2c1=O. The maximum atomic E-state index is 12.9. The highest BCUT2D eigenvalue weighted by Crippen LogP contribution is 2.31. The number of thioether (sulfide) groups is 1. The number of hydrogen-bond acceptors (Lipinski definition) is 9. The number of non-ortho nitro benzene ring substituents is 1. The van der Waals surface area contributed by atoms with Crippen molar-refractivity contribution in [2.75, 3.05) is 11.6 Å². The number of nitrogens with two attached hydrogens (primary N) is 1. The van der Waals surface area contributed by atoms with E-state index < -0.39 is 22.3 Å². The Hall–Kier alpha value is -4.23. The van der Waals surface area contributed by atoms with Gasteiger partial charge in [0, 0.05) is 28.6 Å². The smallest absolute Gasteiger partial charge is 0.282 e. The molecule has 172 valence electrons. The number of nitro groups is 1. The van der Waals surface area contributed by atoms with Crippen LogP contribution < -0.4 is 22.3 Å². The minimum Gasteiger partial charge on any atom is -0.334 e. The summed E-state index contributed by atoms with van der Waals surface area (Å²) in [5, 5.41) is 13.2. The standard InChI is InChI=1S/C21H16N6O5S2/c22-26-20(30)17-15(12-5-2-1-3-6-12)10-33-19(17)23-21(26)34-11-16(28)24-25-18(29)13-7-4-8-14(9-13)27(31)32/h1-10H,11,22H2,(H,24,28)(H,25,29). The summed E-state index contributed by atoms with van der Waals surface area (Å²) in [6.45, 7) is 0. The zero-order valence-electron chi connectivity index (χ0n) is 17.3. The van der Waals surface area contributed by atoms with E-state index in [1.807, 2.05) is 35.7 Å². The Morgan fingerprint density at radius 1 is 1.15 bits per heavy atom. The second-order valence-corrected chi connectivity index (χ2v) is 8.66. The number of carbonyl (C=O) groups excluding carboxylic acids is 2. The van der Waals surface area contributed by atoms with Crippen LogP contribution in [0.3, 0.4) is 0 Å². The lowest BCUT2D eigenvalue weighted by Crippen LogP contribution is -2.42. The summed E-state index contributed by atoms with van der Waals surface area (Å²) < 4.78 is 0.890. The van der Waals surface area contributed by atoms with Gasteiger partial charge in [-0.3, -0.25) is 35.3 Å². The molecule has 0 saturated carbocycles. The van der Waals surface area contributed by atoms with Crippen molar-refractivity contribution in [3.8, 4) is 11.1 Å². The topological polar surface area (TPSA) is 162 Å². The van der Waals surface area contributed by atoms with Crippen LogP contribution in [0.4, 0.5) is 5.69 Å². The minimum absolute atomic E-state index is 0.0111. The molecule has 0 bridgehead atoms. The fourth-order valence-electron chi connectivity index (χ4n) is 3.04. The van der Waals surface area contributed by atoms with Crippen LogP contribution in [0.1, 0.15) is 10.4 Å². The summed E-state index contributed by atoms with van der Waals surface area (Å²) in [7, 11) is 0. The van der Waals surface area contributed by atoms with Crippen molar-refractivity contribution in [3.63, 3.8) is 0 Å². The van der Waals surface area contributed by atoms with E-state index >= 15 is 0 Å². The lowest BCUT2D eigenvalue weighted by atomic mass is 10.1. The van der Waals surface area contributed by atoms with Crippen molar-refractivity contribution in [1.82, 2.24) is 20.5 Å². The Bertz CT molecular complexity index is 1470. The van der Waals surface area contributed by atoms with Gasteiger partial charge in [-0.15, -0.1) is 11.3 Å². The van der Waals surface area contributed by atoms with Gasteiger partial charge in [-0.05, 0) is 11.6 Å². The molecule has 0 spiro atoms. The van der Waals surface area contributed by atoms with Gasteiger partial charge in [0.1, 0.15) is 4.83 Å². The van der Waals surface area contributed by atoms with Crippen LogP contribution in [0.25, 0.3) is 21.3 Å². The molecule has 2 aromatic carbocycles. The van der Waals surface area contributed by atoms with Gasteiger partial charge in [-0.2, -0.15) is 0 Å². The van der Waals surface area contributed by atoms with E-state index in [1.165, 1.54) is 29.5 Å². The van der Waals surface area contributed by atoms with Crippen molar-refractivity contribution in [2.24, 2.45) is 0 Å². The van der Waals surface area contributed by atoms with Gasteiger partial charge in [-0.25, -0.2) is 9.66 Å². The number of nitrogens with one attached hydrogen (secondary N) is 2. The third-order valence-electron chi connectivity index (χ3n) is 4.66. The number of hydrazine groups is 1. The Morgan fingerprint density at radius 3 is 2.65 bits per heavy atom. The van der Waals surface area contributed by atoms with Crippen LogP contribution in [0.5, 0.6) is 0 Å². The molecule has 4 rings (SSSR count). The number of carbonyl (C=O) groups is 2. The highest BCUT2D eigenvalue weighted by atomic mass is 32.2. The molecule has 2 amide bonds. The summed E-state index contributed by atoms with van der Waals surface area (Å²) in [6, 6.07) is 14.5. The molecule has 11 nitrogen and oxygen atoms in total. The van der Waals surface area contributed by atoms with Gasteiger partial charge >= 0.3 is 0 Å². The number of thiophene rings is 1. The zero-order chi connectivity index (χ0) is 24.2. The lowest BCUT2D eigenvalue weighted by Gasteiger charge is -2.09. The van der Waals surface area contributed by atoms with Crippen LogP contribution in [-0.4, -0.2) is 32.2 Å². The number of aromatic nitrogens is 2. The number of hydrogen-bond donors (Lipinski definition) is 3. The van der Waals surface area contributed by atoms with E-state index in [2.05, 4.69) is 15.8 Å². The van der Waals surface area contributed by atoms with E-state index in [0.29, 0.717) is 10.2 Å². The van der Waals surface area contributed by atoms with Crippen molar-refractivity contribution in [2.45, 2.75) is 5.16 Å². The number of nitro benzene ring substituents is 1. The van der Waals surface area contributed by atoms with Crippen LogP contribution in [0, 0.1) is 10.1 Å². The summed E-state index contributed by atoms with van der Waals surface area (Å²) >= 11 is 2.22. The molecule has 34 heavy (non-hydrogen) atoms. The van der Waals surface area contributed by atoms with Crippen LogP contribution in [0.2, 0.25) is 0 Å². The van der Waals surface area contributed by atoms with Gasteiger partial charge in [0.25, 0.3) is 17.2 Å². The van der Waals surface area contributed by atoms with E-state index in [4.69, 9.17) is 5.84 Å². The average Bonchev–Trinajstić information content (AvgIpc) is 3.28. The largest absolute Gasteiger partial charge is 0.334 e. The molecule has 4 N–H and O–H groups in total. The zero-order valence-corrected chi connectivity index (χ0v) is 18.9. The second kappa shape index (κ2) is 9.72. The van der Waals surface area contributed by atoms with Crippen molar-refractivity contribution in [1.29, 1.82) is 0 Å². The molecule has 0 aliphatic carbocycles. The number of nitrogen functional groups attached to an aromatic ring is 1. The molecule has 2 heterocycles. The van der Waals surface area contributed by atoms with Gasteiger partial charge in [0.2, 0.25) is 5.91 Å². The number of amides is 2. The third kappa shape index (κ3) is 4.74. The molecule has 0 aliphatic heterocycles. The molecule has 0 atom stereocenters. The number of rotatable bonds is 6. The molecule has 13 heteroatoms. The lowest BCUT2D eigenvalue weighted by molar-refractivity contribution is -0.384. The average molecular weight is 497 g/mol. The molecule has 4 aromatic rings. The van der Waals surface area contributed by atoms with E-state index in [1.54, 1.807) is 0 Å². The van der Waals surface area contributed by atoms with E-state index in [0.717, 1.165) is 33.6 Å². The first-order valence-electron chi connectivity index (χ1n) is 9.66. The summed E-state index contributed by atoms with van der Waals surface area (Å²) in [5.41, 5.74) is 5.32. The predicted octanol–water partition coefficient (Wildman–Crippen LogP) is 2.30. The first kappa shape index (κ1) is 22.9. The fraction of sp³-hybridized carbons (Fsp3) is 0.0476. The number of fused-ring (bicyclic) bond motifs is 1. The maximum absolute atomic E-state index is 12.9. The molecular formula is C21H16N6O5S2. The normalized spacial score (nSPS) is 10.7. The van der Waals surface area contributed by atoms with Gasteiger partial charge in [0.15, 0.2) is 5.16 Å². The van der Waals surface area contributed by atoms with E-state index in [-0.39, 0.29) is 22.2 Å². The van der Waals surface area contributed by atoms with Crippen molar-refractivity contribution >= 4 is 50.8 Å². The predicted molar refractivity (Wildman–Crippen MR) is 129 cm³/mol. The first-order valence-corrected chi connectivity index (χ1v) is 11.5. The van der Waals surface area contributed by atoms with Crippen LogP contribution >= 0.6 is 23.1 Å². The monoisotopic (exact) mass is 496 g/mol. The second-order valence-electron chi connectivity index (χ2n) is 6.86.